The SMILES string of the molecule is CC1=CC(C)=C(N2[CH-]N([C@H]3C(C)=CC(C)C[C@H]3C)CC2)[C@@H](C)C1.O=[N+]([O-])c1ccc([OH+]c2ccccc2[CH]=[Ru]([Cl])[Cl])cc1. The molecule has 0 spiro atoms. The number of para-hydroxylation sites is 1. The molecule has 0 bridgehead atoms. The molecule has 1 fully saturated rings. The number of ether oxygens (including phenoxy) is 1. The average Bonchev–Trinajstić information content (AvgIpc) is 3.38. The van der Waals surface area contributed by atoms with E-state index in [-0.39, 0.29) is 5.69 Å². The number of aromatic hydroxyl groups is 2. The Morgan fingerprint density at radius 2 is 1.74 bits per heavy atom. The quantitative estimate of drug-likeness (QED) is 0.0748. The number of hydrogen-bond acceptors (Lipinski definition) is 4. The van der Waals surface area contributed by atoms with Crippen molar-refractivity contribution in [1.82, 2.24) is 9.80 Å². The van der Waals surface area contributed by atoms with Gasteiger partial charge in [0.25, 0.3) is 0 Å². The molecule has 3 aliphatic rings. The predicted molar refractivity (Wildman–Crippen MR) is 176 cm³/mol. The molecule has 1 N–H and O–H groups in total. The first-order chi connectivity index (χ1) is 20.4. The molecule has 4 atom stereocenters. The number of allylic oxidation sites excluding steroid dienone is 5. The topological polar surface area (TPSA) is 62.4 Å². The van der Waals surface area contributed by atoms with Gasteiger partial charge >= 0.3 is 129 Å². The molecule has 0 aromatic heterocycles. The van der Waals surface area contributed by atoms with Crippen molar-refractivity contribution in [3.05, 3.63) is 105 Å². The summed E-state index contributed by atoms with van der Waals surface area (Å²) in [7, 11) is 11.8. The zero-order valence-electron chi connectivity index (χ0n) is 25.8. The Labute approximate surface area is 269 Å². The minimum atomic E-state index is -1.92. The van der Waals surface area contributed by atoms with Crippen LogP contribution < -0.4 is 0 Å². The number of halogens is 2. The molecule has 9 heteroatoms. The fourth-order valence-electron chi connectivity index (χ4n) is 6.81. The molecule has 2 aromatic rings. The standard InChI is InChI=1S/C21H33N2.C13H9NO3.2ClH.Ru/c1-14-9-16(3)20(17(4)10-14)22-7-8-23(13-22)21-18(5)11-15(2)12-19(21)6;1-10-4-2-3-5-13(10)17-12-8-6-11(7-9-12)14(15)16;;;/h9,11,13-14,17,19-20H,7-8,10,12H2,1-6H3;1-9H;2*1H;/q-1;;;;+2/p-1/t14?,17-,19+,20+;;;;/m1..../s1. The van der Waals surface area contributed by atoms with Gasteiger partial charge in [-0.1, -0.05) is 44.1 Å². The summed E-state index contributed by atoms with van der Waals surface area (Å²) < 4.78 is 6.26. The molecule has 1 heterocycles. The second kappa shape index (κ2) is 15.1. The van der Waals surface area contributed by atoms with Crippen LogP contribution in [0.25, 0.3) is 0 Å². The Morgan fingerprint density at radius 3 is 2.37 bits per heavy atom. The number of rotatable bonds is 6. The second-order valence-corrected chi connectivity index (χ2v) is 17.7. The van der Waals surface area contributed by atoms with Gasteiger partial charge in [0, 0.05) is 6.04 Å². The van der Waals surface area contributed by atoms with Crippen molar-refractivity contribution in [3.8, 4) is 11.5 Å². The van der Waals surface area contributed by atoms with Crippen LogP contribution in [0.4, 0.5) is 5.69 Å². The van der Waals surface area contributed by atoms with E-state index in [4.69, 9.17) is 19.4 Å². The average molecular weight is 714 g/mol. The third-order valence-corrected chi connectivity index (χ3v) is 10.1. The van der Waals surface area contributed by atoms with Crippen molar-refractivity contribution in [2.24, 2.45) is 17.8 Å². The van der Waals surface area contributed by atoms with Gasteiger partial charge in [0.05, 0.1) is 0 Å². The molecule has 234 valence electrons. The van der Waals surface area contributed by atoms with E-state index in [1.165, 1.54) is 41.8 Å². The number of benzene rings is 2. The number of nitro benzene ring substituents is 1. The van der Waals surface area contributed by atoms with Crippen LogP contribution in [0.15, 0.2) is 83.1 Å². The third-order valence-electron chi connectivity index (χ3n) is 8.25. The molecule has 5 rings (SSSR count). The van der Waals surface area contributed by atoms with Crippen molar-refractivity contribution >= 4 is 29.7 Å². The molecule has 1 aliphatic heterocycles. The van der Waals surface area contributed by atoms with Gasteiger partial charge in [0.15, 0.2) is 0 Å². The fourth-order valence-corrected chi connectivity index (χ4v) is 8.62. The van der Waals surface area contributed by atoms with Gasteiger partial charge < -0.3 is 9.80 Å². The van der Waals surface area contributed by atoms with E-state index in [1.54, 1.807) is 17.7 Å². The molecule has 6 nitrogen and oxygen atoms in total. The van der Waals surface area contributed by atoms with E-state index in [2.05, 4.69) is 74.9 Å². The van der Waals surface area contributed by atoms with Crippen molar-refractivity contribution < 1.29 is 23.2 Å². The third kappa shape index (κ3) is 8.88. The van der Waals surface area contributed by atoms with Crippen LogP contribution >= 0.6 is 19.4 Å². The molecular weight excluding hydrogens is 670 g/mol. The number of nitrogens with zero attached hydrogens (tertiary/aromatic N) is 3. The van der Waals surface area contributed by atoms with Gasteiger partial charge in [-0.3, -0.25) is 0 Å². The Balaban J connectivity index is 0.000000199. The van der Waals surface area contributed by atoms with Crippen LogP contribution in [-0.4, -0.2) is 43.2 Å². The van der Waals surface area contributed by atoms with Crippen LogP contribution in [0.5, 0.6) is 11.5 Å². The number of nitro groups is 1. The van der Waals surface area contributed by atoms with E-state index in [1.807, 2.05) is 28.9 Å². The molecule has 1 saturated heterocycles. The van der Waals surface area contributed by atoms with Crippen molar-refractivity contribution in [1.29, 1.82) is 0 Å². The maximum atomic E-state index is 10.6. The molecule has 0 amide bonds. The summed E-state index contributed by atoms with van der Waals surface area (Å²) in [6.07, 6.45) is 7.38. The van der Waals surface area contributed by atoms with Crippen LogP contribution in [0.1, 0.15) is 59.9 Å². The van der Waals surface area contributed by atoms with Crippen molar-refractivity contribution in [2.45, 2.75) is 60.4 Å². The van der Waals surface area contributed by atoms with E-state index in [0.29, 0.717) is 17.7 Å². The van der Waals surface area contributed by atoms with Crippen LogP contribution in [0, 0.1) is 34.5 Å². The Hall–Kier alpha value is -2.31. The first-order valence-corrected chi connectivity index (χ1v) is 20.2. The molecule has 2 aromatic carbocycles. The van der Waals surface area contributed by atoms with E-state index >= 15 is 0 Å². The van der Waals surface area contributed by atoms with Gasteiger partial charge in [-0.15, -0.1) is 0 Å². The van der Waals surface area contributed by atoms with E-state index < -0.39 is 18.4 Å². The summed E-state index contributed by atoms with van der Waals surface area (Å²) in [6.45, 7) is 18.7. The van der Waals surface area contributed by atoms with Crippen LogP contribution in [0.3, 0.4) is 0 Å². The molecule has 0 radical (unpaired) electrons. The van der Waals surface area contributed by atoms with Gasteiger partial charge in [0.1, 0.15) is 0 Å². The first kappa shape index (κ1) is 33.6. The van der Waals surface area contributed by atoms with Crippen molar-refractivity contribution in [3.63, 3.8) is 0 Å². The molecule has 0 saturated carbocycles. The molecule has 2 aliphatic carbocycles. The minimum absolute atomic E-state index is 0.0398. The summed E-state index contributed by atoms with van der Waals surface area (Å²) in [4.78, 5) is 15.3. The zero-order chi connectivity index (χ0) is 31.3. The Morgan fingerprint density at radius 1 is 1.05 bits per heavy atom. The monoisotopic (exact) mass is 713 g/mol. The number of hydrogen-bond donors (Lipinski definition) is 0. The summed E-state index contributed by atoms with van der Waals surface area (Å²) in [5, 5.41) is 10.6. The second-order valence-electron chi connectivity index (χ2n) is 12.0. The van der Waals surface area contributed by atoms with Crippen molar-refractivity contribution in [2.75, 3.05) is 13.1 Å². The van der Waals surface area contributed by atoms with E-state index in [0.717, 1.165) is 36.2 Å². The predicted octanol–water partition coefficient (Wildman–Crippen LogP) is 9.30. The molecule has 1 unspecified atom stereocenters. The van der Waals surface area contributed by atoms with Gasteiger partial charge in [0.2, 0.25) is 0 Å². The molecular formula is C34H43Cl2N3O3Ru. The van der Waals surface area contributed by atoms with Gasteiger partial charge in [-0.2, -0.15) is 6.67 Å². The molecule has 43 heavy (non-hydrogen) atoms. The zero-order valence-corrected chi connectivity index (χ0v) is 29.0. The van der Waals surface area contributed by atoms with E-state index in [9.17, 15) is 10.1 Å². The summed E-state index contributed by atoms with van der Waals surface area (Å²) in [5.74, 6) is 3.49. The number of non-ortho nitro benzene ring substituents is 1. The summed E-state index contributed by atoms with van der Waals surface area (Å²) in [6, 6.07) is 14.1. The first-order valence-electron chi connectivity index (χ1n) is 14.7. The Bertz CT molecular complexity index is 1430. The Kier molecular flexibility index (Phi) is 11.8. The normalized spacial score (nSPS) is 24.5. The van der Waals surface area contributed by atoms with Gasteiger partial charge in [-0.05, 0) is 75.7 Å². The summed E-state index contributed by atoms with van der Waals surface area (Å²) in [5.41, 5.74) is 6.98. The van der Waals surface area contributed by atoms with Crippen LogP contribution in [-0.2, 0) is 13.5 Å². The van der Waals surface area contributed by atoms with Crippen LogP contribution in [0.2, 0.25) is 0 Å². The maximum absolute atomic E-state index is 10.6. The fraction of sp³-hybridized carbons (Fsp3) is 0.412. The summed E-state index contributed by atoms with van der Waals surface area (Å²) >= 11 is -1.92. The van der Waals surface area contributed by atoms with Gasteiger partial charge in [-0.25, -0.2) is 0 Å².